The highest BCUT2D eigenvalue weighted by molar-refractivity contribution is 4.99. The summed E-state index contributed by atoms with van der Waals surface area (Å²) in [5, 5.41) is 0. The maximum atomic E-state index is 13.8. The molecule has 0 radical (unpaired) electrons. The van der Waals surface area contributed by atoms with E-state index in [2.05, 4.69) is 0 Å². The van der Waals surface area contributed by atoms with Crippen LogP contribution in [-0.2, 0) is 23.7 Å². The van der Waals surface area contributed by atoms with E-state index in [0.717, 1.165) is 0 Å². The van der Waals surface area contributed by atoms with Crippen LogP contribution in [0.15, 0.2) is 0 Å². The Morgan fingerprint density at radius 3 is 2.17 bits per heavy atom. The van der Waals surface area contributed by atoms with Crippen molar-refractivity contribution in [3.63, 3.8) is 0 Å². The first-order valence-electron chi connectivity index (χ1n) is 6.24. The summed E-state index contributed by atoms with van der Waals surface area (Å²) < 4.78 is 41.5. The highest BCUT2D eigenvalue weighted by Gasteiger charge is 2.59. The molecule has 0 saturated carbocycles. The van der Waals surface area contributed by atoms with Crippen LogP contribution in [0.5, 0.6) is 0 Å². The van der Waals surface area contributed by atoms with E-state index in [1.54, 1.807) is 13.8 Å². The van der Waals surface area contributed by atoms with Gasteiger partial charge in [-0.05, 0) is 27.7 Å². The van der Waals surface area contributed by atoms with Crippen molar-refractivity contribution in [2.24, 2.45) is 0 Å². The second-order valence-corrected chi connectivity index (χ2v) is 5.88. The number of rotatable bonds is 1. The zero-order valence-corrected chi connectivity index (χ0v) is 11.0. The molecule has 3 aliphatic rings. The monoisotopic (exact) mass is 262 g/mol. The van der Waals surface area contributed by atoms with Crippen LogP contribution < -0.4 is 0 Å². The van der Waals surface area contributed by atoms with E-state index in [9.17, 15) is 4.39 Å². The molecule has 0 N–H and O–H groups in total. The average Bonchev–Trinajstić information content (AvgIpc) is 2.81. The SMILES string of the molecule is CC1(C)OCC([C@H]2O[C@H](F)C3OC(C)(C)O[C@@H]32)O1. The van der Waals surface area contributed by atoms with E-state index in [1.165, 1.54) is 0 Å². The fourth-order valence-electron chi connectivity index (χ4n) is 2.76. The first-order chi connectivity index (χ1) is 8.27. The summed E-state index contributed by atoms with van der Waals surface area (Å²) in [5.74, 6) is -1.44. The lowest BCUT2D eigenvalue weighted by atomic mass is 10.1. The van der Waals surface area contributed by atoms with Crippen LogP contribution in [0.25, 0.3) is 0 Å². The Kier molecular flexibility index (Phi) is 2.74. The lowest BCUT2D eigenvalue weighted by molar-refractivity contribution is -0.221. The number of hydrogen-bond donors (Lipinski definition) is 0. The number of fused-ring (bicyclic) bond motifs is 1. The molecule has 3 aliphatic heterocycles. The summed E-state index contributed by atoms with van der Waals surface area (Å²) in [5.41, 5.74) is 0. The molecule has 3 fully saturated rings. The zero-order chi connectivity index (χ0) is 13.1. The van der Waals surface area contributed by atoms with Gasteiger partial charge in [-0.3, -0.25) is 0 Å². The standard InChI is InChI=1S/C12H19FO5/c1-11(2)14-5-6(16-11)7-8-9(10(13)15-7)18-12(3,4)17-8/h6-10H,5H2,1-4H3/t6?,7-,8-,9?,10+/m1/s1. The summed E-state index contributed by atoms with van der Waals surface area (Å²) in [6, 6.07) is 0. The summed E-state index contributed by atoms with van der Waals surface area (Å²) in [7, 11) is 0. The first kappa shape index (κ1) is 12.7. The Morgan fingerprint density at radius 2 is 1.56 bits per heavy atom. The maximum Gasteiger partial charge on any atom is 0.228 e. The Morgan fingerprint density at radius 1 is 0.889 bits per heavy atom. The fourth-order valence-corrected chi connectivity index (χ4v) is 2.76. The minimum absolute atomic E-state index is 0.328. The van der Waals surface area contributed by atoms with Crippen molar-refractivity contribution in [1.29, 1.82) is 0 Å². The number of halogens is 1. The van der Waals surface area contributed by atoms with E-state index < -0.39 is 36.2 Å². The molecule has 0 aromatic carbocycles. The van der Waals surface area contributed by atoms with Gasteiger partial charge in [0.25, 0.3) is 0 Å². The molecule has 6 heteroatoms. The van der Waals surface area contributed by atoms with Gasteiger partial charge in [-0.15, -0.1) is 0 Å². The molecule has 5 nitrogen and oxygen atoms in total. The zero-order valence-electron chi connectivity index (χ0n) is 11.0. The van der Waals surface area contributed by atoms with Gasteiger partial charge in [0, 0.05) is 0 Å². The largest absolute Gasteiger partial charge is 0.348 e. The van der Waals surface area contributed by atoms with E-state index >= 15 is 0 Å². The van der Waals surface area contributed by atoms with Gasteiger partial charge in [0.15, 0.2) is 11.6 Å². The molecule has 5 atom stereocenters. The van der Waals surface area contributed by atoms with E-state index in [-0.39, 0.29) is 6.10 Å². The molecule has 3 rings (SSSR count). The van der Waals surface area contributed by atoms with Gasteiger partial charge < -0.3 is 23.7 Å². The van der Waals surface area contributed by atoms with Crippen LogP contribution in [0.1, 0.15) is 27.7 Å². The molecular formula is C12H19FO5. The maximum absolute atomic E-state index is 13.8. The molecular weight excluding hydrogens is 243 g/mol. The first-order valence-corrected chi connectivity index (χ1v) is 6.24. The van der Waals surface area contributed by atoms with Crippen LogP contribution in [0.2, 0.25) is 0 Å². The highest BCUT2D eigenvalue weighted by Crippen LogP contribution is 2.42. The third-order valence-corrected chi connectivity index (χ3v) is 3.43. The molecule has 0 aromatic heterocycles. The van der Waals surface area contributed by atoms with Gasteiger partial charge in [0.2, 0.25) is 6.36 Å². The summed E-state index contributed by atoms with van der Waals surface area (Å²) >= 11 is 0. The summed E-state index contributed by atoms with van der Waals surface area (Å²) in [6.45, 7) is 7.55. The second-order valence-electron chi connectivity index (χ2n) is 5.88. The van der Waals surface area contributed by atoms with Gasteiger partial charge in [-0.25, -0.2) is 4.39 Å². The molecule has 3 saturated heterocycles. The second kappa shape index (κ2) is 3.86. The Labute approximate surface area is 105 Å². The Balaban J connectivity index is 1.75. The lowest BCUT2D eigenvalue weighted by Gasteiger charge is -2.25. The van der Waals surface area contributed by atoms with Crippen LogP contribution in [-0.4, -0.2) is 49.0 Å². The van der Waals surface area contributed by atoms with Gasteiger partial charge >= 0.3 is 0 Å². The quantitative estimate of drug-likeness (QED) is 0.714. The minimum atomic E-state index is -1.48. The minimum Gasteiger partial charge on any atom is -0.348 e. The van der Waals surface area contributed by atoms with Crippen molar-refractivity contribution in [2.45, 2.75) is 70.0 Å². The van der Waals surface area contributed by atoms with Crippen molar-refractivity contribution in [1.82, 2.24) is 0 Å². The molecule has 104 valence electrons. The van der Waals surface area contributed by atoms with Crippen LogP contribution in [0, 0.1) is 0 Å². The van der Waals surface area contributed by atoms with E-state index in [0.29, 0.717) is 6.61 Å². The van der Waals surface area contributed by atoms with Crippen molar-refractivity contribution < 1.29 is 28.1 Å². The molecule has 2 unspecified atom stereocenters. The summed E-state index contributed by atoms with van der Waals surface area (Å²) in [4.78, 5) is 0. The molecule has 0 bridgehead atoms. The van der Waals surface area contributed by atoms with Crippen molar-refractivity contribution in [2.75, 3.05) is 6.61 Å². The van der Waals surface area contributed by atoms with Crippen molar-refractivity contribution in [3.8, 4) is 0 Å². The normalized spacial score (nSPS) is 49.5. The Bertz CT molecular complexity index is 345. The number of hydrogen-bond acceptors (Lipinski definition) is 5. The number of ether oxygens (including phenoxy) is 5. The van der Waals surface area contributed by atoms with E-state index in [1.807, 2.05) is 13.8 Å². The van der Waals surface area contributed by atoms with Crippen molar-refractivity contribution >= 4 is 0 Å². The average molecular weight is 262 g/mol. The smallest absolute Gasteiger partial charge is 0.228 e. The van der Waals surface area contributed by atoms with Gasteiger partial charge in [0.1, 0.15) is 24.4 Å². The molecule has 0 amide bonds. The lowest BCUT2D eigenvalue weighted by Crippen LogP contribution is -2.40. The Hall–Kier alpha value is -0.270. The van der Waals surface area contributed by atoms with Crippen molar-refractivity contribution in [3.05, 3.63) is 0 Å². The topological polar surface area (TPSA) is 46.2 Å². The molecule has 0 aliphatic carbocycles. The predicted octanol–water partition coefficient (Wildman–Crippen LogP) is 1.35. The molecule has 0 spiro atoms. The molecule has 18 heavy (non-hydrogen) atoms. The van der Waals surface area contributed by atoms with Crippen LogP contribution >= 0.6 is 0 Å². The van der Waals surface area contributed by atoms with E-state index in [4.69, 9.17) is 23.7 Å². The van der Waals surface area contributed by atoms with Gasteiger partial charge in [-0.1, -0.05) is 0 Å². The third-order valence-electron chi connectivity index (χ3n) is 3.43. The fraction of sp³-hybridized carbons (Fsp3) is 1.00. The van der Waals surface area contributed by atoms with Crippen LogP contribution in [0.3, 0.4) is 0 Å². The molecule has 0 aromatic rings. The van der Waals surface area contributed by atoms with Gasteiger partial charge in [-0.2, -0.15) is 0 Å². The third kappa shape index (κ3) is 2.06. The highest BCUT2D eigenvalue weighted by atomic mass is 19.1. The van der Waals surface area contributed by atoms with Gasteiger partial charge in [0.05, 0.1) is 6.61 Å². The summed E-state index contributed by atoms with van der Waals surface area (Å²) in [6.07, 6.45) is -3.43. The van der Waals surface area contributed by atoms with Crippen LogP contribution in [0.4, 0.5) is 4.39 Å². The predicted molar refractivity (Wildman–Crippen MR) is 58.5 cm³/mol. The number of alkyl halides is 1. The molecule has 3 heterocycles.